The molecule has 1 amide bonds. The molecule has 1 atom stereocenters. The molecule has 120 valence electrons. The van der Waals surface area contributed by atoms with Crippen LogP contribution in [0, 0.1) is 0 Å². The molecule has 5 heteroatoms. The van der Waals surface area contributed by atoms with Crippen LogP contribution >= 0.6 is 0 Å². The van der Waals surface area contributed by atoms with Gasteiger partial charge in [-0.25, -0.2) is 0 Å². The van der Waals surface area contributed by atoms with Crippen LogP contribution in [0.2, 0.25) is 0 Å². The van der Waals surface area contributed by atoms with Crippen LogP contribution in [-0.2, 0) is 4.79 Å². The summed E-state index contributed by atoms with van der Waals surface area (Å²) < 4.78 is 11.1. The first-order valence-corrected chi connectivity index (χ1v) is 8.01. The molecule has 0 aliphatic carbocycles. The molecular formula is C17H24N2O3. The molecule has 2 aliphatic heterocycles. The van der Waals surface area contributed by atoms with Crippen molar-refractivity contribution in [2.45, 2.75) is 31.9 Å². The highest BCUT2D eigenvalue weighted by Gasteiger charge is 2.36. The van der Waals surface area contributed by atoms with Crippen molar-refractivity contribution < 1.29 is 14.3 Å². The van der Waals surface area contributed by atoms with Gasteiger partial charge in [-0.05, 0) is 31.9 Å². The molecule has 1 aromatic carbocycles. The zero-order valence-corrected chi connectivity index (χ0v) is 13.3. The van der Waals surface area contributed by atoms with Gasteiger partial charge in [0.1, 0.15) is 17.6 Å². The first-order valence-electron chi connectivity index (χ1n) is 8.01. The Balaban J connectivity index is 1.47. The number of methoxy groups -OCH3 is 1. The van der Waals surface area contributed by atoms with Crippen LogP contribution in [0.25, 0.3) is 0 Å². The van der Waals surface area contributed by atoms with Crippen molar-refractivity contribution in [3.63, 3.8) is 0 Å². The van der Waals surface area contributed by atoms with Crippen molar-refractivity contribution in [1.82, 2.24) is 9.80 Å². The predicted molar refractivity (Wildman–Crippen MR) is 84.3 cm³/mol. The van der Waals surface area contributed by atoms with E-state index in [2.05, 4.69) is 4.90 Å². The second-order valence-electron chi connectivity index (χ2n) is 6.08. The summed E-state index contributed by atoms with van der Waals surface area (Å²) in [5.41, 5.74) is 0. The number of hydrogen-bond acceptors (Lipinski definition) is 4. The number of hydrogen-bond donors (Lipinski definition) is 0. The SMILES string of the molecule is COc1cccc(OC2CN(C(C)C(=O)N3CCCC3)C2)c1. The monoisotopic (exact) mass is 304 g/mol. The molecule has 0 N–H and O–H groups in total. The Labute approximate surface area is 131 Å². The van der Waals surface area contributed by atoms with E-state index in [1.54, 1.807) is 7.11 Å². The summed E-state index contributed by atoms with van der Waals surface area (Å²) in [6.07, 6.45) is 2.43. The van der Waals surface area contributed by atoms with Gasteiger partial charge in [0.05, 0.1) is 13.2 Å². The van der Waals surface area contributed by atoms with Crippen molar-refractivity contribution in [2.75, 3.05) is 33.3 Å². The summed E-state index contributed by atoms with van der Waals surface area (Å²) in [6.45, 7) is 5.44. The van der Waals surface area contributed by atoms with Crippen LogP contribution in [0.15, 0.2) is 24.3 Å². The van der Waals surface area contributed by atoms with Gasteiger partial charge in [-0.2, -0.15) is 0 Å². The van der Waals surface area contributed by atoms with Gasteiger partial charge < -0.3 is 14.4 Å². The third-order valence-corrected chi connectivity index (χ3v) is 4.54. The molecule has 1 aromatic rings. The smallest absolute Gasteiger partial charge is 0.239 e. The molecule has 3 rings (SSSR count). The number of benzene rings is 1. The summed E-state index contributed by atoms with van der Waals surface area (Å²) in [5.74, 6) is 1.88. The normalized spacial score (nSPS) is 20.5. The summed E-state index contributed by atoms with van der Waals surface area (Å²) in [6, 6.07) is 7.61. The summed E-state index contributed by atoms with van der Waals surface area (Å²) in [5, 5.41) is 0. The fraction of sp³-hybridized carbons (Fsp3) is 0.588. The van der Waals surface area contributed by atoms with E-state index in [1.807, 2.05) is 36.1 Å². The van der Waals surface area contributed by atoms with Crippen LogP contribution in [0.5, 0.6) is 11.5 Å². The lowest BCUT2D eigenvalue weighted by Gasteiger charge is -2.42. The minimum Gasteiger partial charge on any atom is -0.497 e. The van der Waals surface area contributed by atoms with Crippen LogP contribution in [-0.4, -0.2) is 61.1 Å². The quantitative estimate of drug-likeness (QED) is 0.831. The van der Waals surface area contributed by atoms with E-state index in [1.165, 1.54) is 0 Å². The topological polar surface area (TPSA) is 42.0 Å². The second-order valence-corrected chi connectivity index (χ2v) is 6.08. The molecular weight excluding hydrogens is 280 g/mol. The molecule has 2 saturated heterocycles. The van der Waals surface area contributed by atoms with Gasteiger partial charge >= 0.3 is 0 Å². The minimum atomic E-state index is -0.0386. The number of carbonyl (C=O) groups excluding carboxylic acids is 1. The zero-order valence-electron chi connectivity index (χ0n) is 13.3. The lowest BCUT2D eigenvalue weighted by molar-refractivity contribution is -0.139. The van der Waals surface area contributed by atoms with Gasteiger partial charge in [-0.1, -0.05) is 6.07 Å². The molecule has 2 aliphatic rings. The fourth-order valence-electron chi connectivity index (χ4n) is 3.09. The third-order valence-electron chi connectivity index (χ3n) is 4.54. The summed E-state index contributed by atoms with van der Waals surface area (Å²) in [4.78, 5) is 16.5. The Morgan fingerprint density at radius 2 is 1.91 bits per heavy atom. The minimum absolute atomic E-state index is 0.0386. The van der Waals surface area contributed by atoms with Crippen molar-refractivity contribution in [3.05, 3.63) is 24.3 Å². The highest BCUT2D eigenvalue weighted by Crippen LogP contribution is 2.24. The second kappa shape index (κ2) is 6.57. The van der Waals surface area contributed by atoms with Gasteiger partial charge in [0.15, 0.2) is 0 Å². The number of amides is 1. The highest BCUT2D eigenvalue weighted by molar-refractivity contribution is 5.81. The van der Waals surface area contributed by atoms with E-state index < -0.39 is 0 Å². The van der Waals surface area contributed by atoms with E-state index >= 15 is 0 Å². The first kappa shape index (κ1) is 15.2. The van der Waals surface area contributed by atoms with E-state index in [4.69, 9.17) is 9.47 Å². The molecule has 0 radical (unpaired) electrons. The predicted octanol–water partition coefficient (Wildman–Crippen LogP) is 1.77. The Hall–Kier alpha value is -1.75. The van der Waals surface area contributed by atoms with Crippen molar-refractivity contribution in [2.24, 2.45) is 0 Å². The number of carbonyl (C=O) groups is 1. The zero-order chi connectivity index (χ0) is 15.5. The van der Waals surface area contributed by atoms with Gasteiger partial charge in [0, 0.05) is 32.2 Å². The van der Waals surface area contributed by atoms with Crippen molar-refractivity contribution >= 4 is 5.91 Å². The van der Waals surface area contributed by atoms with Gasteiger partial charge in [0.2, 0.25) is 5.91 Å². The molecule has 0 saturated carbocycles. The van der Waals surface area contributed by atoms with Crippen molar-refractivity contribution in [1.29, 1.82) is 0 Å². The molecule has 0 bridgehead atoms. The molecule has 0 spiro atoms. The Morgan fingerprint density at radius 3 is 2.59 bits per heavy atom. The number of nitrogens with zero attached hydrogens (tertiary/aromatic N) is 2. The van der Waals surface area contributed by atoms with E-state index in [0.29, 0.717) is 0 Å². The van der Waals surface area contributed by atoms with Crippen LogP contribution < -0.4 is 9.47 Å². The standard InChI is InChI=1S/C17H24N2O3/c1-13(17(20)18-8-3-4-9-18)19-11-16(12-19)22-15-7-5-6-14(10-15)21-2/h5-7,10,13,16H,3-4,8-9,11-12H2,1-2H3. The van der Waals surface area contributed by atoms with E-state index in [-0.39, 0.29) is 18.1 Å². The maximum Gasteiger partial charge on any atom is 0.239 e. The lowest BCUT2D eigenvalue weighted by atomic mass is 10.1. The average Bonchev–Trinajstić information content (AvgIpc) is 3.03. The van der Waals surface area contributed by atoms with Crippen molar-refractivity contribution in [3.8, 4) is 11.5 Å². The van der Waals surface area contributed by atoms with Gasteiger partial charge in [0.25, 0.3) is 0 Å². The Bertz CT molecular complexity index is 522. The van der Waals surface area contributed by atoms with Crippen LogP contribution in [0.4, 0.5) is 0 Å². The van der Waals surface area contributed by atoms with E-state index in [0.717, 1.165) is 50.5 Å². The fourth-order valence-corrected chi connectivity index (χ4v) is 3.09. The average molecular weight is 304 g/mol. The molecule has 5 nitrogen and oxygen atoms in total. The molecule has 2 fully saturated rings. The number of rotatable bonds is 5. The maximum atomic E-state index is 12.4. The Kier molecular flexibility index (Phi) is 4.52. The number of likely N-dealkylation sites (tertiary alicyclic amines) is 2. The summed E-state index contributed by atoms with van der Waals surface area (Å²) in [7, 11) is 1.65. The van der Waals surface area contributed by atoms with Crippen LogP contribution in [0.3, 0.4) is 0 Å². The van der Waals surface area contributed by atoms with E-state index in [9.17, 15) is 4.79 Å². The first-order chi connectivity index (χ1) is 10.7. The highest BCUT2D eigenvalue weighted by atomic mass is 16.5. The molecule has 2 heterocycles. The molecule has 0 aromatic heterocycles. The summed E-state index contributed by atoms with van der Waals surface area (Å²) >= 11 is 0. The molecule has 22 heavy (non-hydrogen) atoms. The Morgan fingerprint density at radius 1 is 1.23 bits per heavy atom. The van der Waals surface area contributed by atoms with Gasteiger partial charge in [-0.3, -0.25) is 9.69 Å². The van der Waals surface area contributed by atoms with Gasteiger partial charge in [-0.15, -0.1) is 0 Å². The van der Waals surface area contributed by atoms with Crippen LogP contribution in [0.1, 0.15) is 19.8 Å². The largest absolute Gasteiger partial charge is 0.497 e. The lowest BCUT2D eigenvalue weighted by Crippen LogP contribution is -2.60. The number of ether oxygens (including phenoxy) is 2. The molecule has 1 unspecified atom stereocenters. The maximum absolute atomic E-state index is 12.4. The third kappa shape index (κ3) is 3.19.